The lowest BCUT2D eigenvalue weighted by atomic mass is 9.93. The number of rotatable bonds is 2. The van der Waals surface area contributed by atoms with E-state index in [1.54, 1.807) is 7.11 Å². The molecular formula is C14H19NO2. The van der Waals surface area contributed by atoms with Crippen LogP contribution in [0.5, 0.6) is 5.75 Å². The van der Waals surface area contributed by atoms with Crippen LogP contribution in [0.3, 0.4) is 0 Å². The summed E-state index contributed by atoms with van der Waals surface area (Å²) in [5.74, 6) is 1.09. The summed E-state index contributed by atoms with van der Waals surface area (Å²) in [7, 11) is 1.67. The third-order valence-corrected chi connectivity index (χ3v) is 3.52. The van der Waals surface area contributed by atoms with Crippen molar-refractivity contribution in [3.8, 4) is 5.75 Å². The van der Waals surface area contributed by atoms with E-state index in [4.69, 9.17) is 4.74 Å². The molecular weight excluding hydrogens is 214 g/mol. The van der Waals surface area contributed by atoms with E-state index in [-0.39, 0.29) is 11.9 Å². The summed E-state index contributed by atoms with van der Waals surface area (Å²) >= 11 is 0. The lowest BCUT2D eigenvalue weighted by molar-refractivity contribution is -0.133. The quantitative estimate of drug-likeness (QED) is 0.785. The Morgan fingerprint density at radius 1 is 1.53 bits per heavy atom. The zero-order valence-electron chi connectivity index (χ0n) is 10.7. The van der Waals surface area contributed by atoms with E-state index in [9.17, 15) is 4.79 Å². The number of hydrogen-bond donors (Lipinski definition) is 0. The molecule has 0 spiro atoms. The van der Waals surface area contributed by atoms with E-state index in [1.807, 2.05) is 17.9 Å². The molecule has 0 aliphatic carbocycles. The summed E-state index contributed by atoms with van der Waals surface area (Å²) in [6, 6.07) is 6.30. The molecule has 3 heteroatoms. The second-order valence-electron chi connectivity index (χ2n) is 4.43. The van der Waals surface area contributed by atoms with Crippen LogP contribution in [0.1, 0.15) is 37.4 Å². The first kappa shape index (κ1) is 12.0. The molecule has 0 aromatic heterocycles. The van der Waals surface area contributed by atoms with Crippen LogP contribution >= 0.6 is 0 Å². The van der Waals surface area contributed by atoms with Gasteiger partial charge in [0.25, 0.3) is 0 Å². The summed E-state index contributed by atoms with van der Waals surface area (Å²) < 4.78 is 5.25. The van der Waals surface area contributed by atoms with Crippen LogP contribution in [0.25, 0.3) is 0 Å². The monoisotopic (exact) mass is 233 g/mol. The van der Waals surface area contributed by atoms with Crippen molar-refractivity contribution in [2.45, 2.75) is 32.7 Å². The van der Waals surface area contributed by atoms with Gasteiger partial charge in [-0.2, -0.15) is 0 Å². The van der Waals surface area contributed by atoms with Crippen molar-refractivity contribution >= 4 is 5.91 Å². The normalized spacial score (nSPS) is 18.8. The summed E-state index contributed by atoms with van der Waals surface area (Å²) in [5.41, 5.74) is 2.55. The highest BCUT2D eigenvalue weighted by Crippen LogP contribution is 2.32. The smallest absolute Gasteiger partial charge is 0.222 e. The van der Waals surface area contributed by atoms with Gasteiger partial charge in [0.05, 0.1) is 13.2 Å². The fourth-order valence-electron chi connectivity index (χ4n) is 2.46. The Morgan fingerprint density at radius 2 is 2.29 bits per heavy atom. The molecule has 0 radical (unpaired) electrons. The van der Waals surface area contributed by atoms with E-state index >= 15 is 0 Å². The third kappa shape index (κ3) is 2.14. The zero-order valence-corrected chi connectivity index (χ0v) is 10.7. The summed E-state index contributed by atoms with van der Waals surface area (Å²) in [6.45, 7) is 4.83. The lowest BCUT2D eigenvalue weighted by Gasteiger charge is -2.35. The van der Waals surface area contributed by atoms with Crippen LogP contribution in [0.15, 0.2) is 18.2 Å². The first-order chi connectivity index (χ1) is 8.17. The van der Waals surface area contributed by atoms with Crippen molar-refractivity contribution in [2.24, 2.45) is 0 Å². The van der Waals surface area contributed by atoms with Gasteiger partial charge in [-0.15, -0.1) is 0 Å². The maximum absolute atomic E-state index is 11.8. The molecule has 1 atom stereocenters. The number of hydrogen-bond acceptors (Lipinski definition) is 2. The fourth-order valence-corrected chi connectivity index (χ4v) is 2.46. The molecule has 0 saturated carbocycles. The molecule has 1 heterocycles. The predicted octanol–water partition coefficient (Wildman–Crippen LogP) is 2.55. The first-order valence-corrected chi connectivity index (χ1v) is 6.13. The van der Waals surface area contributed by atoms with Crippen molar-refractivity contribution in [3.63, 3.8) is 0 Å². The molecule has 0 saturated heterocycles. The van der Waals surface area contributed by atoms with Gasteiger partial charge in [0.15, 0.2) is 0 Å². The van der Waals surface area contributed by atoms with Gasteiger partial charge in [0.1, 0.15) is 5.75 Å². The molecule has 0 N–H and O–H groups in total. The van der Waals surface area contributed by atoms with Gasteiger partial charge < -0.3 is 9.64 Å². The Hall–Kier alpha value is -1.51. The second kappa shape index (κ2) is 4.78. The highest BCUT2D eigenvalue weighted by Gasteiger charge is 2.26. The van der Waals surface area contributed by atoms with E-state index in [1.165, 1.54) is 11.1 Å². The van der Waals surface area contributed by atoms with Crippen molar-refractivity contribution < 1.29 is 9.53 Å². The van der Waals surface area contributed by atoms with Crippen LogP contribution in [0.4, 0.5) is 0 Å². The van der Waals surface area contributed by atoms with Crippen molar-refractivity contribution in [3.05, 3.63) is 29.3 Å². The second-order valence-corrected chi connectivity index (χ2v) is 4.43. The molecule has 1 aromatic carbocycles. The number of nitrogens with zero attached hydrogens (tertiary/aromatic N) is 1. The van der Waals surface area contributed by atoms with Crippen molar-refractivity contribution in [1.82, 2.24) is 4.90 Å². The van der Waals surface area contributed by atoms with Crippen LogP contribution < -0.4 is 4.74 Å². The summed E-state index contributed by atoms with van der Waals surface area (Å²) in [5, 5.41) is 0. The number of carbonyl (C=O) groups is 1. The molecule has 1 aromatic rings. The Morgan fingerprint density at radius 3 is 2.94 bits per heavy atom. The zero-order chi connectivity index (χ0) is 12.4. The van der Waals surface area contributed by atoms with Gasteiger partial charge in [0.2, 0.25) is 5.91 Å². The summed E-state index contributed by atoms with van der Waals surface area (Å²) in [6.07, 6.45) is 1.51. The van der Waals surface area contributed by atoms with Crippen LogP contribution in [-0.4, -0.2) is 24.5 Å². The number of carbonyl (C=O) groups excluding carboxylic acids is 1. The Kier molecular flexibility index (Phi) is 3.36. The number of methoxy groups -OCH3 is 1. The van der Waals surface area contributed by atoms with E-state index < -0.39 is 0 Å². The third-order valence-electron chi connectivity index (χ3n) is 3.52. The molecule has 1 aliphatic rings. The molecule has 1 unspecified atom stereocenters. The number of benzene rings is 1. The number of amides is 1. The van der Waals surface area contributed by atoms with Gasteiger partial charge >= 0.3 is 0 Å². The van der Waals surface area contributed by atoms with E-state index in [0.29, 0.717) is 6.42 Å². The van der Waals surface area contributed by atoms with Crippen LogP contribution in [0.2, 0.25) is 0 Å². The minimum Gasteiger partial charge on any atom is -0.497 e. The van der Waals surface area contributed by atoms with E-state index in [2.05, 4.69) is 19.1 Å². The van der Waals surface area contributed by atoms with Crippen LogP contribution in [0, 0.1) is 0 Å². The highest BCUT2D eigenvalue weighted by atomic mass is 16.5. The molecule has 2 rings (SSSR count). The molecule has 0 fully saturated rings. The molecule has 3 nitrogen and oxygen atoms in total. The van der Waals surface area contributed by atoms with Crippen LogP contribution in [-0.2, 0) is 11.2 Å². The van der Waals surface area contributed by atoms with Crippen molar-refractivity contribution in [2.75, 3.05) is 13.7 Å². The molecule has 1 aliphatic heterocycles. The maximum atomic E-state index is 11.8. The summed E-state index contributed by atoms with van der Waals surface area (Å²) in [4.78, 5) is 13.8. The standard InChI is InChI=1S/C14H19NO2/c1-4-14(16)15-8-7-11-5-6-12(17-3)9-13(11)10(15)2/h5-6,9-10H,4,7-8H2,1-3H3. The fraction of sp³-hybridized carbons (Fsp3) is 0.500. The molecule has 17 heavy (non-hydrogen) atoms. The average Bonchev–Trinajstić information content (AvgIpc) is 2.38. The SMILES string of the molecule is CCC(=O)N1CCc2ccc(OC)cc2C1C. The van der Waals surface area contributed by atoms with Gasteiger partial charge in [-0.05, 0) is 36.6 Å². The van der Waals surface area contributed by atoms with Gasteiger partial charge in [0, 0.05) is 13.0 Å². The minimum absolute atomic E-state index is 0.154. The Bertz CT molecular complexity index is 428. The van der Waals surface area contributed by atoms with Gasteiger partial charge in [-0.3, -0.25) is 4.79 Å². The van der Waals surface area contributed by atoms with E-state index in [0.717, 1.165) is 18.7 Å². The Balaban J connectivity index is 2.33. The number of fused-ring (bicyclic) bond motifs is 1. The number of ether oxygens (including phenoxy) is 1. The highest BCUT2D eigenvalue weighted by molar-refractivity contribution is 5.76. The average molecular weight is 233 g/mol. The largest absolute Gasteiger partial charge is 0.497 e. The first-order valence-electron chi connectivity index (χ1n) is 6.13. The molecule has 92 valence electrons. The van der Waals surface area contributed by atoms with Gasteiger partial charge in [-0.1, -0.05) is 13.0 Å². The molecule has 0 bridgehead atoms. The van der Waals surface area contributed by atoms with Crippen molar-refractivity contribution in [1.29, 1.82) is 0 Å². The Labute approximate surface area is 102 Å². The predicted molar refractivity (Wildman–Crippen MR) is 67.1 cm³/mol. The van der Waals surface area contributed by atoms with Gasteiger partial charge in [-0.25, -0.2) is 0 Å². The minimum atomic E-state index is 0.154. The topological polar surface area (TPSA) is 29.5 Å². The lowest BCUT2D eigenvalue weighted by Crippen LogP contribution is -2.38. The molecule has 1 amide bonds. The maximum Gasteiger partial charge on any atom is 0.222 e.